The number of fused-ring (bicyclic) bond motifs is 1. The molecule has 4 rings (SSSR count). The summed E-state index contributed by atoms with van der Waals surface area (Å²) < 4.78 is 11.3. The van der Waals surface area contributed by atoms with Gasteiger partial charge in [0.15, 0.2) is 5.17 Å². The first-order chi connectivity index (χ1) is 13.9. The Morgan fingerprint density at radius 3 is 2.83 bits per heavy atom. The number of carbonyl (C=O) groups excluding carboxylic acids is 2. The maximum absolute atomic E-state index is 12.7. The first-order valence-corrected chi connectivity index (χ1v) is 10.6. The number of thioether (sulfide) groups is 1. The van der Waals surface area contributed by atoms with Crippen LogP contribution in [0.5, 0.6) is 0 Å². The Balaban J connectivity index is 1.79. The summed E-state index contributed by atoms with van der Waals surface area (Å²) in [5.74, 6) is 0.592. The number of furan rings is 1. The van der Waals surface area contributed by atoms with Crippen LogP contribution >= 0.6 is 35.0 Å². The molecule has 9 heteroatoms. The van der Waals surface area contributed by atoms with Crippen molar-refractivity contribution < 1.29 is 18.7 Å². The summed E-state index contributed by atoms with van der Waals surface area (Å²) in [6.45, 7) is 3.68. The van der Waals surface area contributed by atoms with Crippen molar-refractivity contribution in [3.63, 3.8) is 0 Å². The fraction of sp³-hybridized carbons (Fsp3) is 0.250. The number of amidine groups is 1. The van der Waals surface area contributed by atoms with E-state index in [9.17, 15) is 9.59 Å². The van der Waals surface area contributed by atoms with E-state index < -0.39 is 12.0 Å². The molecule has 0 radical (unpaired) electrons. The van der Waals surface area contributed by atoms with Crippen LogP contribution in [0.15, 0.2) is 51.0 Å². The number of benzene rings is 1. The van der Waals surface area contributed by atoms with Gasteiger partial charge in [0.05, 0.1) is 33.7 Å². The van der Waals surface area contributed by atoms with Gasteiger partial charge in [0.2, 0.25) is 5.91 Å². The summed E-state index contributed by atoms with van der Waals surface area (Å²) in [5.41, 5.74) is 1.53. The van der Waals surface area contributed by atoms with Crippen molar-refractivity contribution in [1.82, 2.24) is 4.90 Å². The molecule has 0 aliphatic carbocycles. The maximum Gasteiger partial charge on any atom is 0.338 e. The zero-order chi connectivity index (χ0) is 20.7. The molecule has 2 aliphatic rings. The minimum Gasteiger partial charge on any atom is -0.463 e. The number of aliphatic imine (C=N–C) groups is 1. The molecule has 1 aromatic carbocycles. The van der Waals surface area contributed by atoms with Crippen LogP contribution in [0.2, 0.25) is 10.0 Å². The average molecular weight is 451 g/mol. The van der Waals surface area contributed by atoms with Crippen molar-refractivity contribution in [1.29, 1.82) is 0 Å². The molecular formula is C20H16Cl2N2O4S. The van der Waals surface area contributed by atoms with Crippen LogP contribution in [0.1, 0.15) is 25.6 Å². The second kappa shape index (κ2) is 7.89. The van der Waals surface area contributed by atoms with E-state index >= 15 is 0 Å². The number of ether oxygens (including phenoxy) is 1. The Morgan fingerprint density at radius 2 is 2.10 bits per heavy atom. The lowest BCUT2D eigenvalue weighted by atomic mass is 10.00. The number of hydrogen-bond acceptors (Lipinski definition) is 6. The van der Waals surface area contributed by atoms with Crippen molar-refractivity contribution in [3.8, 4) is 11.3 Å². The number of esters is 1. The molecule has 1 amide bonds. The highest BCUT2D eigenvalue weighted by atomic mass is 35.5. The smallest absolute Gasteiger partial charge is 0.338 e. The molecule has 1 fully saturated rings. The number of halogens is 2. The van der Waals surface area contributed by atoms with Crippen LogP contribution < -0.4 is 0 Å². The largest absolute Gasteiger partial charge is 0.463 e. The highest BCUT2D eigenvalue weighted by Crippen LogP contribution is 2.42. The minimum atomic E-state index is -0.736. The molecule has 0 bridgehead atoms. The lowest BCUT2D eigenvalue weighted by Crippen LogP contribution is -2.39. The lowest BCUT2D eigenvalue weighted by Gasteiger charge is -2.31. The predicted octanol–water partition coefficient (Wildman–Crippen LogP) is 5.08. The number of amides is 1. The van der Waals surface area contributed by atoms with Crippen LogP contribution in [-0.4, -0.2) is 34.3 Å². The molecule has 0 saturated carbocycles. The molecule has 29 heavy (non-hydrogen) atoms. The second-order valence-corrected chi connectivity index (χ2v) is 8.16. The van der Waals surface area contributed by atoms with Gasteiger partial charge in [0.1, 0.15) is 17.6 Å². The molecule has 1 aromatic heterocycles. The van der Waals surface area contributed by atoms with E-state index in [0.29, 0.717) is 38.0 Å². The van der Waals surface area contributed by atoms with Gasteiger partial charge < -0.3 is 9.15 Å². The van der Waals surface area contributed by atoms with Crippen LogP contribution in [0.4, 0.5) is 0 Å². The van der Waals surface area contributed by atoms with Gasteiger partial charge in [0, 0.05) is 5.56 Å². The first kappa shape index (κ1) is 20.1. The van der Waals surface area contributed by atoms with E-state index in [1.165, 1.54) is 16.7 Å². The summed E-state index contributed by atoms with van der Waals surface area (Å²) in [4.78, 5) is 31.2. The van der Waals surface area contributed by atoms with E-state index in [-0.39, 0.29) is 18.3 Å². The highest BCUT2D eigenvalue weighted by Gasteiger charge is 2.44. The molecule has 2 aliphatic heterocycles. The fourth-order valence-electron chi connectivity index (χ4n) is 3.29. The summed E-state index contributed by atoms with van der Waals surface area (Å²) in [6, 6.07) is 7.95. The Bertz CT molecular complexity index is 1080. The Kier molecular flexibility index (Phi) is 5.46. The molecule has 3 heterocycles. The summed E-state index contributed by atoms with van der Waals surface area (Å²) >= 11 is 13.4. The molecule has 1 unspecified atom stereocenters. The molecule has 0 N–H and O–H groups in total. The second-order valence-electron chi connectivity index (χ2n) is 6.40. The van der Waals surface area contributed by atoms with Crippen molar-refractivity contribution in [2.75, 3.05) is 12.4 Å². The van der Waals surface area contributed by atoms with Gasteiger partial charge >= 0.3 is 5.97 Å². The fourth-order valence-corrected chi connectivity index (χ4v) is 4.52. The van der Waals surface area contributed by atoms with Gasteiger partial charge in [0.25, 0.3) is 0 Å². The van der Waals surface area contributed by atoms with Crippen molar-refractivity contribution >= 4 is 52.0 Å². The average Bonchev–Trinajstić information content (AvgIpc) is 3.30. The van der Waals surface area contributed by atoms with Gasteiger partial charge in [-0.15, -0.1) is 0 Å². The van der Waals surface area contributed by atoms with E-state index in [4.69, 9.17) is 32.4 Å². The Morgan fingerprint density at radius 1 is 1.31 bits per heavy atom. The van der Waals surface area contributed by atoms with Crippen LogP contribution in [0.25, 0.3) is 11.3 Å². The Labute approximate surface area is 181 Å². The summed E-state index contributed by atoms with van der Waals surface area (Å²) in [6.07, 6.45) is 0. The number of carbonyl (C=O) groups is 2. The zero-order valence-electron chi connectivity index (χ0n) is 15.6. The van der Waals surface area contributed by atoms with Gasteiger partial charge in [-0.05, 0) is 44.2 Å². The Hall–Kier alpha value is -2.22. The molecule has 0 spiro atoms. The molecule has 6 nitrogen and oxygen atoms in total. The molecular weight excluding hydrogens is 435 g/mol. The number of rotatable bonds is 4. The SMILES string of the molecule is CCOC(=O)C1=C(C)N=C2SCC(=O)N2C1c1ccc(-c2ccc(Cl)c(Cl)c2)o1. The van der Waals surface area contributed by atoms with E-state index in [0.717, 1.165) is 5.56 Å². The zero-order valence-corrected chi connectivity index (χ0v) is 17.9. The standard InChI is InChI=1S/C20H16Cl2N2O4S/c1-3-27-19(26)17-10(2)23-20-24(16(25)9-29-20)18(17)15-7-6-14(28-15)11-4-5-12(21)13(22)8-11/h4-8,18H,3,9H2,1-2H3. The third-order valence-corrected chi connectivity index (χ3v) is 6.26. The minimum absolute atomic E-state index is 0.138. The predicted molar refractivity (Wildman–Crippen MR) is 113 cm³/mol. The number of allylic oxidation sites excluding steroid dienone is 1. The monoisotopic (exact) mass is 450 g/mol. The van der Waals surface area contributed by atoms with E-state index in [1.54, 1.807) is 44.2 Å². The van der Waals surface area contributed by atoms with Crippen LogP contribution in [-0.2, 0) is 14.3 Å². The summed E-state index contributed by atoms with van der Waals surface area (Å²) in [5, 5.41) is 1.40. The molecule has 150 valence electrons. The number of hydrogen-bond donors (Lipinski definition) is 0. The molecule has 1 atom stereocenters. The highest BCUT2D eigenvalue weighted by molar-refractivity contribution is 8.15. The van der Waals surface area contributed by atoms with Crippen LogP contribution in [0.3, 0.4) is 0 Å². The summed E-state index contributed by atoms with van der Waals surface area (Å²) in [7, 11) is 0. The number of nitrogens with zero attached hydrogens (tertiary/aromatic N) is 2. The first-order valence-electron chi connectivity index (χ1n) is 8.87. The van der Waals surface area contributed by atoms with Crippen molar-refractivity contribution in [3.05, 3.63) is 57.4 Å². The van der Waals surface area contributed by atoms with Crippen molar-refractivity contribution in [2.24, 2.45) is 4.99 Å². The molecule has 2 aromatic rings. The van der Waals surface area contributed by atoms with E-state index in [1.807, 2.05) is 0 Å². The van der Waals surface area contributed by atoms with Crippen LogP contribution in [0, 0.1) is 0 Å². The lowest BCUT2D eigenvalue weighted by molar-refractivity contribution is -0.139. The third kappa shape index (κ3) is 3.58. The maximum atomic E-state index is 12.7. The normalized spacial score (nSPS) is 18.8. The van der Waals surface area contributed by atoms with Gasteiger partial charge in [-0.1, -0.05) is 35.0 Å². The van der Waals surface area contributed by atoms with Crippen molar-refractivity contribution in [2.45, 2.75) is 19.9 Å². The topological polar surface area (TPSA) is 72.1 Å². The van der Waals surface area contributed by atoms with E-state index in [2.05, 4.69) is 4.99 Å². The quantitative estimate of drug-likeness (QED) is 0.607. The van der Waals surface area contributed by atoms with Gasteiger partial charge in [-0.3, -0.25) is 9.69 Å². The third-order valence-electron chi connectivity index (χ3n) is 4.58. The molecule has 1 saturated heterocycles. The van der Waals surface area contributed by atoms with Gasteiger partial charge in [-0.25, -0.2) is 9.79 Å². The van der Waals surface area contributed by atoms with Gasteiger partial charge in [-0.2, -0.15) is 0 Å².